The van der Waals surface area contributed by atoms with Crippen LogP contribution in [0.5, 0.6) is 0 Å². The topological polar surface area (TPSA) is 289 Å². The number of hydrogen-bond donors (Lipinski definition) is 5. The number of nitrogens with two attached hydrogens (primary N) is 1. The number of primary sulfonamides is 1. The van der Waals surface area contributed by atoms with E-state index in [0.29, 0.717) is 59.6 Å². The third-order valence-electron chi connectivity index (χ3n) is 12.8. The molecule has 0 saturated carbocycles. The maximum absolute atomic E-state index is 13.3. The number of nitrogens with one attached hydrogen (secondary N) is 2. The summed E-state index contributed by atoms with van der Waals surface area (Å²) >= 11 is 0.724. The lowest BCUT2D eigenvalue weighted by Crippen LogP contribution is -2.28. The average Bonchev–Trinajstić information content (AvgIpc) is 3.94. The lowest BCUT2D eigenvalue weighted by molar-refractivity contribution is -0.438. The van der Waals surface area contributed by atoms with Gasteiger partial charge in [0.15, 0.2) is 5.71 Å². The Kier molecular flexibility index (Phi) is 18.2. The van der Waals surface area contributed by atoms with Crippen LogP contribution in [0.1, 0.15) is 118 Å². The van der Waals surface area contributed by atoms with Gasteiger partial charge in [-0.05, 0) is 81.2 Å². The molecule has 0 fully saturated rings. The molecule has 2 amide bonds. The van der Waals surface area contributed by atoms with Gasteiger partial charge < -0.3 is 15.5 Å². The molecule has 4 aromatic rings. The van der Waals surface area contributed by atoms with Crippen LogP contribution in [-0.4, -0.2) is 109 Å². The molecular formula is C50H63N8O11S4+. The van der Waals surface area contributed by atoms with Crippen molar-refractivity contribution in [2.45, 2.75) is 112 Å². The summed E-state index contributed by atoms with van der Waals surface area (Å²) in [6.07, 6.45) is 13.3. The predicted molar refractivity (Wildman–Crippen MR) is 280 cm³/mol. The minimum Gasteiger partial charge on any atom is -0.356 e. The fraction of sp³-hybridized carbons (Fsp3) is 0.420. The van der Waals surface area contributed by atoms with E-state index in [4.69, 9.17) is 10.1 Å². The second-order valence-corrected chi connectivity index (χ2v) is 24.7. The number of fused-ring (bicyclic) bond motifs is 2. The molecule has 2 aliphatic rings. The van der Waals surface area contributed by atoms with Gasteiger partial charge in [-0.1, -0.05) is 69.2 Å². The molecule has 392 valence electrons. The van der Waals surface area contributed by atoms with E-state index in [-0.39, 0.29) is 76.0 Å². The van der Waals surface area contributed by atoms with Gasteiger partial charge in [0.25, 0.3) is 36.2 Å². The summed E-state index contributed by atoms with van der Waals surface area (Å²) in [7, 11) is -12.8. The van der Waals surface area contributed by atoms with Gasteiger partial charge in [0.05, 0.1) is 33.7 Å². The molecule has 2 aromatic carbocycles. The van der Waals surface area contributed by atoms with E-state index in [9.17, 15) is 48.7 Å². The number of nitrogens with zero attached hydrogens (tertiary/aromatic N) is 5. The molecule has 6 N–H and O–H groups in total. The molecule has 0 radical (unpaired) electrons. The number of hydrogen-bond acceptors (Lipinski definition) is 14. The van der Waals surface area contributed by atoms with Crippen LogP contribution >= 0.6 is 11.3 Å². The number of para-hydroxylation sites is 1. The summed E-state index contributed by atoms with van der Waals surface area (Å²) in [4.78, 5) is 44.3. The number of ketones is 1. The van der Waals surface area contributed by atoms with Crippen LogP contribution in [0, 0.1) is 0 Å². The molecule has 0 spiro atoms. The fourth-order valence-corrected chi connectivity index (χ4v) is 11.4. The van der Waals surface area contributed by atoms with Crippen molar-refractivity contribution in [3.8, 4) is 0 Å². The maximum atomic E-state index is 13.3. The van der Waals surface area contributed by atoms with Gasteiger partial charge >= 0.3 is 0 Å². The zero-order valence-corrected chi connectivity index (χ0v) is 44.8. The van der Waals surface area contributed by atoms with Crippen molar-refractivity contribution >= 4 is 81.9 Å². The Morgan fingerprint density at radius 3 is 2.27 bits per heavy atom. The molecule has 6 rings (SSSR count). The van der Waals surface area contributed by atoms with Crippen LogP contribution < -0.4 is 20.7 Å². The number of Topliss-reactive ketones (excluding diaryl/α,β-unsaturated/α-hetero) is 1. The normalized spacial score (nSPS) is 16.0. The second-order valence-electron chi connectivity index (χ2n) is 18.9. The van der Waals surface area contributed by atoms with Gasteiger partial charge in [0.2, 0.25) is 15.9 Å². The molecule has 4 heterocycles. The molecule has 23 heteroatoms. The molecule has 0 saturated heterocycles. The van der Waals surface area contributed by atoms with Gasteiger partial charge in [-0.25, -0.2) is 13.6 Å². The monoisotopic (exact) mass is 1080 g/mol. The van der Waals surface area contributed by atoms with E-state index in [2.05, 4.69) is 64.4 Å². The van der Waals surface area contributed by atoms with Crippen molar-refractivity contribution in [3.05, 3.63) is 118 Å². The molecule has 73 heavy (non-hydrogen) atoms. The number of carbonyl (C=O) groups is 3. The predicted octanol–water partition coefficient (Wildman–Crippen LogP) is 6.21. The Morgan fingerprint density at radius 2 is 1.60 bits per heavy atom. The summed E-state index contributed by atoms with van der Waals surface area (Å²) in [5, 5.41) is 18.0. The van der Waals surface area contributed by atoms with Gasteiger partial charge in [-0.2, -0.15) is 21.4 Å². The minimum absolute atomic E-state index is 0.0379. The Bertz CT molecular complexity index is 3200. The third-order valence-corrected chi connectivity index (χ3v) is 16.7. The lowest BCUT2D eigenvalue weighted by Gasteiger charge is -2.27. The molecule has 0 bridgehead atoms. The summed E-state index contributed by atoms with van der Waals surface area (Å²) < 4.78 is 92.3. The van der Waals surface area contributed by atoms with Crippen LogP contribution in [0.25, 0.3) is 5.57 Å². The van der Waals surface area contributed by atoms with Crippen LogP contribution in [0.2, 0.25) is 0 Å². The van der Waals surface area contributed by atoms with Crippen molar-refractivity contribution in [2.75, 3.05) is 36.8 Å². The van der Waals surface area contributed by atoms with Gasteiger partial charge in [0.1, 0.15) is 17.3 Å². The number of amides is 2. The van der Waals surface area contributed by atoms with Crippen LogP contribution in [0.15, 0.2) is 100 Å². The molecule has 0 atom stereocenters. The molecule has 19 nitrogen and oxygen atoms in total. The average molecular weight is 1080 g/mol. The first-order chi connectivity index (χ1) is 34.3. The number of anilines is 1. The SMILES string of the molecule is CCCC[N+]1=C(/C=C/C(=C/C=C2/N(CCCS(=O)(=O)O)c3ccc(S(=O)(=O)O)cc3C2(C)C)c2ccc(C(=O)NCCCCCC(=O)NCCC(=O)Cc3nnc(S(N)(=O)=O)s3)cn2)C(C)(C)c2ccccc21. The van der Waals surface area contributed by atoms with Crippen molar-refractivity contribution in [1.82, 2.24) is 25.8 Å². The largest absolute Gasteiger partial charge is 0.356 e. The number of rotatable bonds is 25. The second kappa shape index (κ2) is 23.6. The number of pyridine rings is 1. The Balaban J connectivity index is 1.17. The number of aromatic nitrogens is 3. The Labute approximate surface area is 431 Å². The summed E-state index contributed by atoms with van der Waals surface area (Å²) in [6, 6.07) is 16.1. The first-order valence-corrected chi connectivity index (χ1v) is 29.3. The van der Waals surface area contributed by atoms with Crippen molar-refractivity contribution in [2.24, 2.45) is 5.14 Å². The van der Waals surface area contributed by atoms with E-state index < -0.39 is 41.4 Å². The minimum atomic E-state index is -4.55. The van der Waals surface area contributed by atoms with Gasteiger partial charge in [-0.3, -0.25) is 28.5 Å². The highest BCUT2D eigenvalue weighted by Gasteiger charge is 2.44. The van der Waals surface area contributed by atoms with Crippen LogP contribution in [0.4, 0.5) is 11.4 Å². The molecule has 2 aliphatic heterocycles. The van der Waals surface area contributed by atoms with Gasteiger partial charge in [-0.15, -0.1) is 10.2 Å². The zero-order chi connectivity index (χ0) is 53.4. The van der Waals surface area contributed by atoms with Crippen molar-refractivity contribution in [1.29, 1.82) is 0 Å². The van der Waals surface area contributed by atoms with E-state index >= 15 is 0 Å². The van der Waals surface area contributed by atoms with Gasteiger partial charge in [0, 0.05) is 85.2 Å². The van der Waals surface area contributed by atoms with Crippen LogP contribution in [-0.2, 0) is 57.1 Å². The Morgan fingerprint density at radius 1 is 0.849 bits per heavy atom. The van der Waals surface area contributed by atoms with Crippen LogP contribution in [0.3, 0.4) is 0 Å². The number of unbranched alkanes of at least 4 members (excludes halogenated alkanes) is 3. The van der Waals surface area contributed by atoms with E-state index in [1.165, 1.54) is 23.9 Å². The smallest absolute Gasteiger partial charge is 0.294 e. The number of allylic oxidation sites excluding steroid dienone is 6. The molecular weight excluding hydrogens is 1020 g/mol. The highest BCUT2D eigenvalue weighted by atomic mass is 32.2. The van der Waals surface area contributed by atoms with E-state index in [1.807, 2.05) is 49.1 Å². The first kappa shape index (κ1) is 56.5. The highest BCUT2D eigenvalue weighted by Crippen LogP contribution is 2.49. The highest BCUT2D eigenvalue weighted by molar-refractivity contribution is 7.91. The van der Waals surface area contributed by atoms with E-state index in [1.54, 1.807) is 18.2 Å². The van der Waals surface area contributed by atoms with Crippen molar-refractivity contribution in [3.63, 3.8) is 0 Å². The standard InChI is InChI=1S/C50H62N8O11S4/c1-6-7-28-57-41-15-11-10-14-38(41)49(2,3)43(57)23-18-34(19-24-44-50(4,5)39-32-37(73(67,68)69)20-22-42(39)58(44)29-13-30-71(62,63)64)40-21-17-35(33-54-40)47(61)53-26-12-8-9-16-45(60)52-27-25-36(59)31-46-55-56-48(70-46)72(51,65)66/h10-11,14-15,17-24,32-33H,6-9,12-13,16,25-31H2,1-5H3,(H5-,51,52,53,60,61,62,63,64,65,66,67,68,69)/p+1. The molecule has 2 aromatic heterocycles. The first-order valence-electron chi connectivity index (χ1n) is 23.9. The summed E-state index contributed by atoms with van der Waals surface area (Å²) in [5.41, 5.74) is 5.65. The summed E-state index contributed by atoms with van der Waals surface area (Å²) in [5.74, 6) is -1.29. The van der Waals surface area contributed by atoms with Crippen molar-refractivity contribution < 1.29 is 53.3 Å². The Hall–Kier alpha value is -5.82. The third kappa shape index (κ3) is 14.5. The fourth-order valence-electron chi connectivity index (χ4n) is 8.92. The lowest BCUT2D eigenvalue weighted by atomic mass is 9.81. The quantitative estimate of drug-likeness (QED) is 0.0213. The molecule has 0 aliphatic carbocycles. The summed E-state index contributed by atoms with van der Waals surface area (Å²) in [6.45, 7) is 11.8. The molecule has 0 unspecified atom stereocenters. The number of benzene rings is 2. The maximum Gasteiger partial charge on any atom is 0.294 e. The van der Waals surface area contributed by atoms with E-state index in [0.717, 1.165) is 42.1 Å². The number of carbonyl (C=O) groups excluding carboxylic acids is 3. The zero-order valence-electron chi connectivity index (χ0n) is 41.5. The number of sulfonamides is 1.